The molecule has 1 N–H and O–H groups in total. The second kappa shape index (κ2) is 7.67. The number of phenolic OH excluding ortho intramolecular Hbond substituents is 1. The van der Waals surface area contributed by atoms with Crippen LogP contribution in [0.3, 0.4) is 0 Å². The van der Waals surface area contributed by atoms with Crippen LogP contribution in [0.15, 0.2) is 27.4 Å². The summed E-state index contributed by atoms with van der Waals surface area (Å²) in [5.74, 6) is -0.283. The first-order chi connectivity index (χ1) is 13.2. The summed E-state index contributed by atoms with van der Waals surface area (Å²) >= 11 is 6.32. The third kappa shape index (κ3) is 3.75. The lowest BCUT2D eigenvalue weighted by Gasteiger charge is -2.09. The van der Waals surface area contributed by atoms with E-state index < -0.39 is 11.6 Å². The largest absolute Gasteiger partial charge is 0.508 e. The molecule has 2 aromatic heterocycles. The van der Waals surface area contributed by atoms with Crippen molar-refractivity contribution in [2.75, 3.05) is 0 Å². The molecule has 3 rings (SSSR count). The van der Waals surface area contributed by atoms with Gasteiger partial charge in [-0.25, -0.2) is 9.59 Å². The van der Waals surface area contributed by atoms with E-state index in [1.165, 1.54) is 12.1 Å². The van der Waals surface area contributed by atoms with Crippen LogP contribution >= 0.6 is 11.6 Å². The predicted molar refractivity (Wildman–Crippen MR) is 105 cm³/mol. The van der Waals surface area contributed by atoms with Crippen LogP contribution in [0, 0.1) is 19.8 Å². The van der Waals surface area contributed by atoms with Gasteiger partial charge in [-0.2, -0.15) is 5.10 Å². The second-order valence-electron chi connectivity index (χ2n) is 7.08. The number of aromatic nitrogens is 2. The molecule has 0 aliphatic heterocycles. The molecule has 2 heterocycles. The standard InChI is InChI=1S/C20H21ClN2O5/c1-10(2)8-23-19(21)17(12(4)22-23)20(26)27-9-13-7-16(25)28-18-11(3)15(24)6-5-14(13)18/h5-7,10,24H,8-9H2,1-4H3. The van der Waals surface area contributed by atoms with E-state index in [0.29, 0.717) is 34.7 Å². The van der Waals surface area contributed by atoms with Crippen molar-refractivity contribution >= 4 is 28.5 Å². The molecular formula is C20H21ClN2O5. The zero-order valence-corrected chi connectivity index (χ0v) is 16.8. The van der Waals surface area contributed by atoms with E-state index in [9.17, 15) is 14.7 Å². The average molecular weight is 405 g/mol. The molecule has 3 aromatic rings. The Balaban J connectivity index is 1.89. The van der Waals surface area contributed by atoms with Crippen molar-refractivity contribution in [1.29, 1.82) is 0 Å². The van der Waals surface area contributed by atoms with Crippen LogP contribution < -0.4 is 5.63 Å². The minimum absolute atomic E-state index is 0.0183. The molecule has 1 aromatic carbocycles. The number of esters is 1. The summed E-state index contributed by atoms with van der Waals surface area (Å²) in [4.78, 5) is 24.5. The molecule has 0 atom stereocenters. The molecule has 0 aliphatic carbocycles. The van der Waals surface area contributed by atoms with E-state index in [1.807, 2.05) is 13.8 Å². The van der Waals surface area contributed by atoms with Crippen molar-refractivity contribution in [2.24, 2.45) is 5.92 Å². The van der Waals surface area contributed by atoms with Gasteiger partial charge in [-0.05, 0) is 31.9 Å². The molecule has 0 amide bonds. The summed E-state index contributed by atoms with van der Waals surface area (Å²) in [7, 11) is 0. The Morgan fingerprint density at radius 3 is 2.75 bits per heavy atom. The number of phenols is 1. The first-order valence-corrected chi connectivity index (χ1v) is 9.22. The highest BCUT2D eigenvalue weighted by molar-refractivity contribution is 6.32. The number of aryl methyl sites for hydroxylation is 2. The predicted octanol–water partition coefficient (Wildman–Crippen LogP) is 3.98. The minimum atomic E-state index is -0.616. The number of carbonyl (C=O) groups is 1. The molecule has 8 heteroatoms. The number of fused-ring (bicyclic) bond motifs is 1. The van der Waals surface area contributed by atoms with Crippen molar-refractivity contribution < 1.29 is 19.1 Å². The molecular weight excluding hydrogens is 384 g/mol. The Labute approximate surface area is 166 Å². The monoisotopic (exact) mass is 404 g/mol. The number of rotatable bonds is 5. The summed E-state index contributed by atoms with van der Waals surface area (Å²) in [5.41, 5.74) is 1.28. The topological polar surface area (TPSA) is 94.6 Å². The van der Waals surface area contributed by atoms with Gasteiger partial charge in [-0.15, -0.1) is 0 Å². The van der Waals surface area contributed by atoms with Crippen LogP contribution in [0.4, 0.5) is 0 Å². The Morgan fingerprint density at radius 2 is 2.07 bits per heavy atom. The van der Waals surface area contributed by atoms with Gasteiger partial charge in [0.25, 0.3) is 0 Å². The SMILES string of the molecule is Cc1nn(CC(C)C)c(Cl)c1C(=O)OCc1cc(=O)oc2c(C)c(O)ccc12. The smallest absolute Gasteiger partial charge is 0.343 e. The normalized spacial score (nSPS) is 11.4. The van der Waals surface area contributed by atoms with Crippen LogP contribution in [0.25, 0.3) is 11.0 Å². The number of ether oxygens (including phenoxy) is 1. The molecule has 0 saturated carbocycles. The molecule has 0 spiro atoms. The van der Waals surface area contributed by atoms with Crippen LogP contribution in [0.2, 0.25) is 5.15 Å². The van der Waals surface area contributed by atoms with E-state index >= 15 is 0 Å². The summed E-state index contributed by atoms with van der Waals surface area (Å²) in [6.45, 7) is 7.82. The maximum absolute atomic E-state index is 12.6. The number of aromatic hydroxyl groups is 1. The lowest BCUT2D eigenvalue weighted by atomic mass is 10.1. The molecule has 0 unspecified atom stereocenters. The Kier molecular flexibility index (Phi) is 5.47. The van der Waals surface area contributed by atoms with Crippen LogP contribution in [-0.2, 0) is 17.9 Å². The average Bonchev–Trinajstić information content (AvgIpc) is 2.89. The van der Waals surface area contributed by atoms with E-state index in [2.05, 4.69) is 5.10 Å². The zero-order valence-electron chi connectivity index (χ0n) is 16.1. The molecule has 0 aliphatic rings. The first-order valence-electron chi connectivity index (χ1n) is 8.84. The minimum Gasteiger partial charge on any atom is -0.508 e. The van der Waals surface area contributed by atoms with E-state index in [0.717, 1.165) is 0 Å². The van der Waals surface area contributed by atoms with Crippen molar-refractivity contribution in [3.05, 3.63) is 56.2 Å². The fourth-order valence-electron chi connectivity index (χ4n) is 3.00. The summed E-state index contributed by atoms with van der Waals surface area (Å²) in [6.07, 6.45) is 0. The fraction of sp³-hybridized carbons (Fsp3) is 0.350. The lowest BCUT2D eigenvalue weighted by molar-refractivity contribution is 0.0473. The highest BCUT2D eigenvalue weighted by atomic mass is 35.5. The fourth-order valence-corrected chi connectivity index (χ4v) is 3.32. The highest BCUT2D eigenvalue weighted by Crippen LogP contribution is 2.28. The highest BCUT2D eigenvalue weighted by Gasteiger charge is 2.22. The third-order valence-electron chi connectivity index (χ3n) is 4.38. The van der Waals surface area contributed by atoms with Gasteiger partial charge in [0, 0.05) is 29.1 Å². The van der Waals surface area contributed by atoms with E-state index in [-0.39, 0.29) is 28.7 Å². The molecule has 0 radical (unpaired) electrons. The summed E-state index contributed by atoms with van der Waals surface area (Å²) < 4.78 is 12.2. The summed E-state index contributed by atoms with van der Waals surface area (Å²) in [5, 5.41) is 14.9. The maximum atomic E-state index is 12.6. The van der Waals surface area contributed by atoms with Gasteiger partial charge in [-0.1, -0.05) is 25.4 Å². The van der Waals surface area contributed by atoms with Crippen molar-refractivity contribution in [3.63, 3.8) is 0 Å². The van der Waals surface area contributed by atoms with Gasteiger partial charge in [0.2, 0.25) is 0 Å². The summed E-state index contributed by atoms with van der Waals surface area (Å²) in [6, 6.07) is 4.38. The van der Waals surface area contributed by atoms with Gasteiger partial charge in [0.05, 0.1) is 5.69 Å². The first kappa shape index (κ1) is 19.9. The van der Waals surface area contributed by atoms with Crippen LogP contribution in [0.1, 0.15) is 41.0 Å². The maximum Gasteiger partial charge on any atom is 0.343 e. The quantitative estimate of drug-likeness (QED) is 0.510. The number of nitrogens with zero attached hydrogens (tertiary/aromatic N) is 2. The molecule has 0 saturated heterocycles. The second-order valence-corrected chi connectivity index (χ2v) is 7.44. The van der Waals surface area contributed by atoms with Crippen LogP contribution in [0.5, 0.6) is 5.75 Å². The number of hydrogen-bond acceptors (Lipinski definition) is 6. The van der Waals surface area contributed by atoms with Gasteiger partial charge < -0.3 is 14.3 Å². The molecule has 148 valence electrons. The van der Waals surface area contributed by atoms with Gasteiger partial charge in [0.15, 0.2) is 0 Å². The lowest BCUT2D eigenvalue weighted by Crippen LogP contribution is -2.10. The number of benzene rings is 1. The molecule has 0 bridgehead atoms. The number of halogens is 1. The molecule has 28 heavy (non-hydrogen) atoms. The van der Waals surface area contributed by atoms with Gasteiger partial charge in [-0.3, -0.25) is 4.68 Å². The van der Waals surface area contributed by atoms with Crippen LogP contribution in [-0.4, -0.2) is 20.9 Å². The molecule has 7 nitrogen and oxygen atoms in total. The van der Waals surface area contributed by atoms with E-state index in [4.69, 9.17) is 20.8 Å². The van der Waals surface area contributed by atoms with Crippen molar-refractivity contribution in [3.8, 4) is 5.75 Å². The van der Waals surface area contributed by atoms with Gasteiger partial charge in [0.1, 0.15) is 28.7 Å². The third-order valence-corrected chi connectivity index (χ3v) is 4.77. The Morgan fingerprint density at radius 1 is 1.36 bits per heavy atom. The number of carbonyl (C=O) groups excluding carboxylic acids is 1. The van der Waals surface area contributed by atoms with Crippen molar-refractivity contribution in [1.82, 2.24) is 9.78 Å². The van der Waals surface area contributed by atoms with Gasteiger partial charge >= 0.3 is 11.6 Å². The Bertz CT molecular complexity index is 1110. The Hall–Kier alpha value is -2.80. The number of hydrogen-bond donors (Lipinski definition) is 1. The van der Waals surface area contributed by atoms with Crippen molar-refractivity contribution in [2.45, 2.75) is 40.8 Å². The molecule has 0 fully saturated rings. The van der Waals surface area contributed by atoms with E-state index in [1.54, 1.807) is 24.6 Å². The zero-order chi connectivity index (χ0) is 20.6.